The van der Waals surface area contributed by atoms with E-state index in [9.17, 15) is 0 Å². The molecule has 0 aromatic carbocycles. The Labute approximate surface area is 62.0 Å². The quantitative estimate of drug-likeness (QED) is 0.565. The maximum absolute atomic E-state index is 8.53. The SMILES string of the molecule is CCOC(CCO)OCC. The number of aliphatic hydroxyl groups excluding tert-OH is 1. The van der Waals surface area contributed by atoms with Crippen LogP contribution in [0.1, 0.15) is 20.3 Å². The lowest BCUT2D eigenvalue weighted by atomic mass is 10.4. The van der Waals surface area contributed by atoms with E-state index >= 15 is 0 Å². The topological polar surface area (TPSA) is 38.7 Å². The number of hydrogen-bond acceptors (Lipinski definition) is 3. The molecule has 3 heteroatoms. The highest BCUT2D eigenvalue weighted by molar-refractivity contribution is 4.41. The van der Waals surface area contributed by atoms with Gasteiger partial charge in [0.15, 0.2) is 6.29 Å². The van der Waals surface area contributed by atoms with Gasteiger partial charge in [-0.1, -0.05) is 0 Å². The minimum atomic E-state index is -0.222. The highest BCUT2D eigenvalue weighted by atomic mass is 16.7. The molecule has 0 aliphatic carbocycles. The van der Waals surface area contributed by atoms with Crippen LogP contribution in [0, 0.1) is 0 Å². The van der Waals surface area contributed by atoms with Crippen molar-refractivity contribution in [2.75, 3.05) is 19.8 Å². The molecule has 0 atom stereocenters. The van der Waals surface area contributed by atoms with Gasteiger partial charge in [-0.15, -0.1) is 0 Å². The van der Waals surface area contributed by atoms with Gasteiger partial charge in [0, 0.05) is 26.2 Å². The third-order valence-electron chi connectivity index (χ3n) is 1.07. The molecule has 0 spiro atoms. The molecule has 0 unspecified atom stereocenters. The zero-order valence-corrected chi connectivity index (χ0v) is 6.67. The fourth-order valence-corrected chi connectivity index (χ4v) is 0.692. The molecule has 0 aliphatic heterocycles. The molecular formula is C7H16O3. The molecule has 0 radical (unpaired) electrons. The summed E-state index contributed by atoms with van der Waals surface area (Å²) in [7, 11) is 0. The van der Waals surface area contributed by atoms with Crippen LogP contribution >= 0.6 is 0 Å². The molecule has 0 saturated carbocycles. The van der Waals surface area contributed by atoms with Crippen molar-refractivity contribution in [1.82, 2.24) is 0 Å². The van der Waals surface area contributed by atoms with E-state index in [1.165, 1.54) is 0 Å². The summed E-state index contributed by atoms with van der Waals surface area (Å²) in [6, 6.07) is 0. The first-order chi connectivity index (χ1) is 4.85. The summed E-state index contributed by atoms with van der Waals surface area (Å²) in [5.41, 5.74) is 0. The van der Waals surface area contributed by atoms with Crippen LogP contribution in [0.5, 0.6) is 0 Å². The predicted molar refractivity (Wildman–Crippen MR) is 38.7 cm³/mol. The standard InChI is InChI=1S/C7H16O3/c1-3-9-7(5-6-8)10-4-2/h7-8H,3-6H2,1-2H3. The van der Waals surface area contributed by atoms with Crippen molar-refractivity contribution < 1.29 is 14.6 Å². The molecule has 3 nitrogen and oxygen atoms in total. The third-order valence-corrected chi connectivity index (χ3v) is 1.07. The molecule has 0 rings (SSSR count). The molecule has 10 heavy (non-hydrogen) atoms. The van der Waals surface area contributed by atoms with E-state index in [0.29, 0.717) is 19.6 Å². The van der Waals surface area contributed by atoms with Crippen LogP contribution in [0.2, 0.25) is 0 Å². The van der Waals surface area contributed by atoms with Crippen molar-refractivity contribution in [3.63, 3.8) is 0 Å². The Balaban J connectivity index is 3.30. The molecule has 62 valence electrons. The molecule has 0 heterocycles. The van der Waals surface area contributed by atoms with Crippen LogP contribution in [0.3, 0.4) is 0 Å². The molecule has 0 amide bonds. The summed E-state index contributed by atoms with van der Waals surface area (Å²) in [6.07, 6.45) is 0.335. The van der Waals surface area contributed by atoms with Gasteiger partial charge in [0.2, 0.25) is 0 Å². The van der Waals surface area contributed by atoms with Crippen molar-refractivity contribution >= 4 is 0 Å². The van der Waals surface area contributed by atoms with Gasteiger partial charge >= 0.3 is 0 Å². The van der Waals surface area contributed by atoms with Crippen LogP contribution in [0.4, 0.5) is 0 Å². The molecule has 0 aromatic heterocycles. The van der Waals surface area contributed by atoms with Crippen molar-refractivity contribution in [1.29, 1.82) is 0 Å². The molecule has 1 N–H and O–H groups in total. The second-order valence-electron chi connectivity index (χ2n) is 1.85. The summed E-state index contributed by atoms with van der Waals surface area (Å²) < 4.78 is 10.3. The summed E-state index contributed by atoms with van der Waals surface area (Å²) in [4.78, 5) is 0. The lowest BCUT2D eigenvalue weighted by molar-refractivity contribution is -0.143. The number of hydrogen-bond donors (Lipinski definition) is 1. The summed E-state index contributed by atoms with van der Waals surface area (Å²) in [5.74, 6) is 0. The van der Waals surface area contributed by atoms with Gasteiger partial charge in [-0.3, -0.25) is 0 Å². The third kappa shape index (κ3) is 4.73. The Morgan fingerprint density at radius 3 is 2.00 bits per heavy atom. The van der Waals surface area contributed by atoms with Crippen LogP contribution in [-0.2, 0) is 9.47 Å². The fraction of sp³-hybridized carbons (Fsp3) is 1.00. The second kappa shape index (κ2) is 6.99. The van der Waals surface area contributed by atoms with Gasteiger partial charge < -0.3 is 14.6 Å². The van der Waals surface area contributed by atoms with Gasteiger partial charge in [-0.25, -0.2) is 0 Å². The number of aliphatic hydroxyl groups is 1. The second-order valence-corrected chi connectivity index (χ2v) is 1.85. The molecule has 0 saturated heterocycles. The number of rotatable bonds is 6. The van der Waals surface area contributed by atoms with Gasteiger partial charge in [-0.05, 0) is 13.8 Å². The molecule has 0 fully saturated rings. The molecule has 0 aromatic rings. The van der Waals surface area contributed by atoms with Crippen molar-refractivity contribution in [2.24, 2.45) is 0 Å². The van der Waals surface area contributed by atoms with E-state index in [0.717, 1.165) is 0 Å². The zero-order chi connectivity index (χ0) is 7.82. The van der Waals surface area contributed by atoms with Gasteiger partial charge in [0.1, 0.15) is 0 Å². The zero-order valence-electron chi connectivity index (χ0n) is 6.67. The Morgan fingerprint density at radius 1 is 1.20 bits per heavy atom. The van der Waals surface area contributed by atoms with Crippen LogP contribution in [-0.4, -0.2) is 31.2 Å². The average Bonchev–Trinajstić information content (AvgIpc) is 1.90. The Kier molecular flexibility index (Phi) is 6.91. The summed E-state index contributed by atoms with van der Waals surface area (Å²) in [6.45, 7) is 5.19. The van der Waals surface area contributed by atoms with Gasteiger partial charge in [0.25, 0.3) is 0 Å². The maximum atomic E-state index is 8.53. The van der Waals surface area contributed by atoms with E-state index in [-0.39, 0.29) is 12.9 Å². The van der Waals surface area contributed by atoms with Gasteiger partial charge in [0.05, 0.1) is 0 Å². The predicted octanol–water partition coefficient (Wildman–Crippen LogP) is 0.768. The first kappa shape index (κ1) is 9.88. The minimum absolute atomic E-state index is 0.116. The monoisotopic (exact) mass is 148 g/mol. The van der Waals surface area contributed by atoms with Crippen molar-refractivity contribution in [3.8, 4) is 0 Å². The van der Waals surface area contributed by atoms with Gasteiger partial charge in [-0.2, -0.15) is 0 Å². The normalized spacial score (nSPS) is 10.8. The van der Waals surface area contributed by atoms with Crippen LogP contribution in [0.15, 0.2) is 0 Å². The van der Waals surface area contributed by atoms with E-state index in [1.54, 1.807) is 0 Å². The lowest BCUT2D eigenvalue weighted by Crippen LogP contribution is -2.18. The first-order valence-corrected chi connectivity index (χ1v) is 3.69. The Bertz CT molecular complexity index is 51.6. The highest BCUT2D eigenvalue weighted by Crippen LogP contribution is 1.98. The van der Waals surface area contributed by atoms with E-state index in [2.05, 4.69) is 0 Å². The van der Waals surface area contributed by atoms with E-state index in [4.69, 9.17) is 14.6 Å². The van der Waals surface area contributed by atoms with Crippen molar-refractivity contribution in [3.05, 3.63) is 0 Å². The maximum Gasteiger partial charge on any atom is 0.159 e. The highest BCUT2D eigenvalue weighted by Gasteiger charge is 2.04. The summed E-state index contributed by atoms with van der Waals surface area (Å²) in [5, 5.41) is 8.53. The van der Waals surface area contributed by atoms with E-state index < -0.39 is 0 Å². The first-order valence-electron chi connectivity index (χ1n) is 3.69. The summed E-state index contributed by atoms with van der Waals surface area (Å²) >= 11 is 0. The largest absolute Gasteiger partial charge is 0.396 e. The smallest absolute Gasteiger partial charge is 0.159 e. The van der Waals surface area contributed by atoms with Crippen LogP contribution < -0.4 is 0 Å². The molecular weight excluding hydrogens is 132 g/mol. The Hall–Kier alpha value is -0.120. The van der Waals surface area contributed by atoms with E-state index in [1.807, 2.05) is 13.8 Å². The number of ether oxygens (including phenoxy) is 2. The molecule has 0 bridgehead atoms. The lowest BCUT2D eigenvalue weighted by Gasteiger charge is -2.14. The fourth-order valence-electron chi connectivity index (χ4n) is 0.692. The minimum Gasteiger partial charge on any atom is -0.396 e. The van der Waals surface area contributed by atoms with Crippen molar-refractivity contribution in [2.45, 2.75) is 26.6 Å². The Morgan fingerprint density at radius 2 is 1.70 bits per heavy atom. The molecule has 0 aliphatic rings. The van der Waals surface area contributed by atoms with Crippen LogP contribution in [0.25, 0.3) is 0 Å². The average molecular weight is 148 g/mol.